The molecule has 1 aliphatic rings. The number of likely N-dealkylation sites (tertiary alicyclic amines) is 1. The first-order valence-corrected chi connectivity index (χ1v) is 8.77. The van der Waals surface area contributed by atoms with Gasteiger partial charge in [-0.15, -0.1) is 0 Å². The van der Waals surface area contributed by atoms with E-state index < -0.39 is 35.0 Å². The molecule has 0 aromatic carbocycles. The normalized spacial score (nSPS) is 25.4. The molecule has 7 heteroatoms. The smallest absolute Gasteiger partial charge is 0.326 e. The lowest BCUT2D eigenvalue weighted by molar-refractivity contribution is -0.151. The lowest BCUT2D eigenvalue weighted by atomic mass is 9.85. The Kier molecular flexibility index (Phi) is 6.13. The number of rotatable bonds is 3. The molecule has 0 spiro atoms. The van der Waals surface area contributed by atoms with Crippen molar-refractivity contribution in [1.82, 2.24) is 15.5 Å². The molecular weight excluding hydrogens is 322 g/mol. The zero-order valence-electron chi connectivity index (χ0n) is 16.6. The minimum atomic E-state index is -1.00. The van der Waals surface area contributed by atoms with Gasteiger partial charge < -0.3 is 20.6 Å². The zero-order chi connectivity index (χ0) is 19.7. The van der Waals surface area contributed by atoms with Gasteiger partial charge in [-0.3, -0.25) is 4.79 Å². The van der Waals surface area contributed by atoms with Gasteiger partial charge in [0.2, 0.25) is 5.91 Å². The molecule has 1 heterocycles. The second-order valence-electron chi connectivity index (χ2n) is 9.26. The van der Waals surface area contributed by atoms with Crippen molar-refractivity contribution in [3.05, 3.63) is 0 Å². The van der Waals surface area contributed by atoms with Crippen LogP contribution in [-0.4, -0.2) is 52.1 Å². The van der Waals surface area contributed by atoms with E-state index >= 15 is 0 Å². The topological polar surface area (TPSA) is 98.7 Å². The molecule has 0 aliphatic carbocycles. The van der Waals surface area contributed by atoms with E-state index in [0.29, 0.717) is 6.54 Å². The molecule has 1 saturated heterocycles. The molecular formula is C18H33N3O4. The average molecular weight is 355 g/mol. The maximum Gasteiger partial charge on any atom is 0.326 e. The summed E-state index contributed by atoms with van der Waals surface area (Å²) < 4.78 is 0. The lowest BCUT2D eigenvalue weighted by Gasteiger charge is -2.36. The minimum absolute atomic E-state index is 0.0917. The molecule has 1 aliphatic heterocycles. The summed E-state index contributed by atoms with van der Waals surface area (Å²) in [5.41, 5.74) is -0.986. The number of nitrogens with zero attached hydrogens (tertiary/aromatic N) is 1. The van der Waals surface area contributed by atoms with Crippen molar-refractivity contribution in [1.29, 1.82) is 0 Å². The highest BCUT2D eigenvalue weighted by atomic mass is 16.4. The number of hydrogen-bond donors (Lipinski definition) is 3. The van der Waals surface area contributed by atoms with Crippen molar-refractivity contribution in [2.75, 3.05) is 6.54 Å². The molecule has 1 rings (SSSR count). The number of hydrogen-bond acceptors (Lipinski definition) is 3. The molecule has 1 fully saturated rings. The minimum Gasteiger partial charge on any atom is -0.480 e. The summed E-state index contributed by atoms with van der Waals surface area (Å²) in [5, 5.41) is 15.1. The summed E-state index contributed by atoms with van der Waals surface area (Å²) >= 11 is 0. The van der Waals surface area contributed by atoms with Crippen LogP contribution in [0.3, 0.4) is 0 Å². The third-order valence-corrected chi connectivity index (χ3v) is 4.63. The number of carboxylic acid groups (broad SMARTS) is 1. The highest BCUT2D eigenvalue weighted by Crippen LogP contribution is 2.32. The van der Waals surface area contributed by atoms with Crippen LogP contribution in [0.2, 0.25) is 0 Å². The van der Waals surface area contributed by atoms with E-state index in [1.807, 2.05) is 55.4 Å². The van der Waals surface area contributed by atoms with Crippen LogP contribution in [0.5, 0.6) is 0 Å². The Balaban J connectivity index is 3.05. The van der Waals surface area contributed by atoms with E-state index in [2.05, 4.69) is 10.6 Å². The van der Waals surface area contributed by atoms with Crippen LogP contribution < -0.4 is 10.6 Å². The summed E-state index contributed by atoms with van der Waals surface area (Å²) in [4.78, 5) is 38.5. The molecule has 0 aromatic rings. The molecule has 0 aromatic heterocycles. The van der Waals surface area contributed by atoms with E-state index in [9.17, 15) is 19.5 Å². The summed E-state index contributed by atoms with van der Waals surface area (Å²) in [7, 11) is 0. The summed E-state index contributed by atoms with van der Waals surface area (Å²) in [6.45, 7) is 15.3. The van der Waals surface area contributed by atoms with Gasteiger partial charge in [0.05, 0.1) is 0 Å². The standard InChI is InChI=1S/C18H33N3O4/c1-10-9-21(12(11(10)2)15(23)24)14(22)13(17(3,4)5)19-16(25)20-18(6,7)8/h10-13H,9H2,1-8H3,(H,23,24)(H2,19,20,25)/t10-,11-,12-,13+/m0/s1. The first-order valence-electron chi connectivity index (χ1n) is 8.77. The van der Waals surface area contributed by atoms with Gasteiger partial charge in [-0.2, -0.15) is 0 Å². The van der Waals surface area contributed by atoms with Crippen molar-refractivity contribution in [3.63, 3.8) is 0 Å². The Morgan fingerprint density at radius 2 is 1.60 bits per heavy atom. The Hall–Kier alpha value is -1.79. The molecule has 0 bridgehead atoms. The Morgan fingerprint density at radius 1 is 1.08 bits per heavy atom. The first-order chi connectivity index (χ1) is 11.1. The van der Waals surface area contributed by atoms with Gasteiger partial charge in [0.25, 0.3) is 0 Å². The van der Waals surface area contributed by atoms with Crippen LogP contribution >= 0.6 is 0 Å². The first kappa shape index (κ1) is 21.3. The van der Waals surface area contributed by atoms with Gasteiger partial charge in [0, 0.05) is 12.1 Å². The lowest BCUT2D eigenvalue weighted by Crippen LogP contribution is -2.60. The molecule has 25 heavy (non-hydrogen) atoms. The summed E-state index contributed by atoms with van der Waals surface area (Å²) in [6, 6.07) is -2.11. The van der Waals surface area contributed by atoms with Crippen LogP contribution in [0.25, 0.3) is 0 Å². The van der Waals surface area contributed by atoms with Crippen molar-refractivity contribution in [2.45, 2.75) is 73.0 Å². The van der Waals surface area contributed by atoms with Crippen LogP contribution in [0.15, 0.2) is 0 Å². The largest absolute Gasteiger partial charge is 0.480 e. The number of carboxylic acids is 1. The van der Waals surface area contributed by atoms with Gasteiger partial charge in [0.15, 0.2) is 0 Å². The number of urea groups is 1. The fraction of sp³-hybridized carbons (Fsp3) is 0.833. The second kappa shape index (κ2) is 7.22. The molecule has 144 valence electrons. The summed E-state index contributed by atoms with van der Waals surface area (Å²) in [5.74, 6) is -1.39. The fourth-order valence-corrected chi connectivity index (χ4v) is 3.09. The highest BCUT2D eigenvalue weighted by Gasteiger charge is 2.47. The predicted octanol–water partition coefficient (Wildman–Crippen LogP) is 2.07. The van der Waals surface area contributed by atoms with Crippen molar-refractivity contribution in [3.8, 4) is 0 Å². The van der Waals surface area contributed by atoms with Gasteiger partial charge >= 0.3 is 12.0 Å². The molecule has 4 atom stereocenters. The van der Waals surface area contributed by atoms with Gasteiger partial charge in [-0.1, -0.05) is 34.6 Å². The van der Waals surface area contributed by atoms with Crippen LogP contribution in [0.4, 0.5) is 4.79 Å². The molecule has 7 nitrogen and oxygen atoms in total. The number of aliphatic carboxylic acids is 1. The third kappa shape index (κ3) is 5.34. The summed E-state index contributed by atoms with van der Waals surface area (Å²) in [6.07, 6.45) is 0. The van der Waals surface area contributed by atoms with Crippen molar-refractivity contribution in [2.24, 2.45) is 17.3 Å². The van der Waals surface area contributed by atoms with Gasteiger partial charge in [0.1, 0.15) is 12.1 Å². The maximum absolute atomic E-state index is 13.1. The number of amides is 3. The molecule has 3 amide bonds. The predicted molar refractivity (Wildman–Crippen MR) is 96.1 cm³/mol. The number of carbonyl (C=O) groups excluding carboxylic acids is 2. The Labute approximate surface area is 150 Å². The van der Waals surface area contributed by atoms with Gasteiger partial charge in [-0.05, 0) is 38.0 Å². The SMILES string of the molecule is C[C@@H]1[C@@H](C(=O)O)N(C(=O)[C@@H](NC(=O)NC(C)(C)C)C(C)(C)C)C[C@@H]1C. The monoisotopic (exact) mass is 355 g/mol. The van der Waals surface area contributed by atoms with Crippen molar-refractivity contribution >= 4 is 17.9 Å². The Bertz CT molecular complexity index is 533. The van der Waals surface area contributed by atoms with E-state index in [-0.39, 0.29) is 17.7 Å². The quantitative estimate of drug-likeness (QED) is 0.722. The molecule has 0 radical (unpaired) electrons. The number of nitrogens with one attached hydrogen (secondary N) is 2. The molecule has 3 N–H and O–H groups in total. The van der Waals surface area contributed by atoms with E-state index in [4.69, 9.17) is 0 Å². The van der Waals surface area contributed by atoms with E-state index in [1.165, 1.54) is 4.90 Å². The average Bonchev–Trinajstić information content (AvgIpc) is 2.68. The second-order valence-corrected chi connectivity index (χ2v) is 9.26. The van der Waals surface area contributed by atoms with E-state index in [0.717, 1.165) is 0 Å². The van der Waals surface area contributed by atoms with E-state index in [1.54, 1.807) is 0 Å². The zero-order valence-corrected chi connectivity index (χ0v) is 16.6. The van der Waals surface area contributed by atoms with Crippen LogP contribution in [-0.2, 0) is 9.59 Å². The molecule has 0 unspecified atom stereocenters. The third-order valence-electron chi connectivity index (χ3n) is 4.63. The molecule has 0 saturated carbocycles. The van der Waals surface area contributed by atoms with Crippen LogP contribution in [0, 0.1) is 17.3 Å². The maximum atomic E-state index is 13.1. The van der Waals surface area contributed by atoms with Gasteiger partial charge in [-0.25, -0.2) is 9.59 Å². The van der Waals surface area contributed by atoms with Crippen LogP contribution in [0.1, 0.15) is 55.4 Å². The highest BCUT2D eigenvalue weighted by molar-refractivity contribution is 5.91. The Morgan fingerprint density at radius 3 is 2.00 bits per heavy atom. The number of carbonyl (C=O) groups is 3. The van der Waals surface area contributed by atoms with Crippen molar-refractivity contribution < 1.29 is 19.5 Å². The fourth-order valence-electron chi connectivity index (χ4n) is 3.09.